The molecule has 0 radical (unpaired) electrons. The Labute approximate surface area is 123 Å². The summed E-state index contributed by atoms with van der Waals surface area (Å²) in [6, 6.07) is 4.02. The van der Waals surface area contributed by atoms with E-state index in [0.29, 0.717) is 6.54 Å². The zero-order valence-electron chi connectivity index (χ0n) is 12.1. The Balaban J connectivity index is 3.17. The number of amides is 1. The third-order valence-electron chi connectivity index (χ3n) is 2.94. The van der Waals surface area contributed by atoms with Crippen LogP contribution in [0, 0.1) is 6.92 Å². The third-order valence-corrected chi connectivity index (χ3v) is 4.89. The molecule has 7 nitrogen and oxygen atoms in total. The number of sulfonamides is 1. The van der Waals surface area contributed by atoms with Gasteiger partial charge in [-0.1, -0.05) is 6.07 Å². The number of hydrogen-bond donors (Lipinski definition) is 2. The lowest BCUT2D eigenvalue weighted by Gasteiger charge is -2.18. The van der Waals surface area contributed by atoms with Gasteiger partial charge >= 0.3 is 5.97 Å². The summed E-state index contributed by atoms with van der Waals surface area (Å²) in [7, 11) is -2.65. The molecule has 0 atom stereocenters. The van der Waals surface area contributed by atoms with E-state index in [1.54, 1.807) is 6.92 Å². The van der Waals surface area contributed by atoms with E-state index >= 15 is 0 Å². The van der Waals surface area contributed by atoms with E-state index in [-0.39, 0.29) is 22.6 Å². The van der Waals surface area contributed by atoms with Crippen LogP contribution in [-0.2, 0) is 14.8 Å². The van der Waals surface area contributed by atoms with Crippen molar-refractivity contribution in [3.63, 3.8) is 0 Å². The van der Waals surface area contributed by atoms with Crippen molar-refractivity contribution in [1.29, 1.82) is 0 Å². The molecule has 8 heteroatoms. The molecule has 21 heavy (non-hydrogen) atoms. The normalized spacial score (nSPS) is 11.4. The summed E-state index contributed by atoms with van der Waals surface area (Å²) in [4.78, 5) is 22.4. The van der Waals surface area contributed by atoms with Crippen molar-refractivity contribution < 1.29 is 23.1 Å². The minimum Gasteiger partial charge on any atom is -0.478 e. The lowest BCUT2D eigenvalue weighted by atomic mass is 10.1. The van der Waals surface area contributed by atoms with Crippen LogP contribution in [0.4, 0.5) is 0 Å². The molecule has 1 amide bonds. The number of hydrogen-bond acceptors (Lipinski definition) is 4. The molecule has 0 saturated heterocycles. The van der Waals surface area contributed by atoms with Crippen molar-refractivity contribution in [3.05, 3.63) is 29.3 Å². The Morgan fingerprint density at radius 2 is 1.95 bits per heavy atom. The van der Waals surface area contributed by atoms with Crippen molar-refractivity contribution in [2.45, 2.75) is 18.7 Å². The first-order valence-electron chi connectivity index (χ1n) is 6.27. The van der Waals surface area contributed by atoms with Crippen LogP contribution in [0.3, 0.4) is 0 Å². The van der Waals surface area contributed by atoms with Crippen LogP contribution in [0.5, 0.6) is 0 Å². The molecule has 0 aliphatic heterocycles. The summed E-state index contributed by atoms with van der Waals surface area (Å²) in [6.45, 7) is 3.23. The van der Waals surface area contributed by atoms with Crippen LogP contribution in [0.1, 0.15) is 22.8 Å². The molecular weight excluding hydrogens is 296 g/mol. The third kappa shape index (κ3) is 3.79. The van der Waals surface area contributed by atoms with Gasteiger partial charge in [0, 0.05) is 13.6 Å². The maximum atomic E-state index is 12.4. The van der Waals surface area contributed by atoms with Crippen molar-refractivity contribution in [3.8, 4) is 0 Å². The van der Waals surface area contributed by atoms with Crippen LogP contribution in [-0.4, -0.2) is 49.8 Å². The molecule has 0 aromatic heterocycles. The zero-order chi connectivity index (χ0) is 16.2. The van der Waals surface area contributed by atoms with Crippen LogP contribution >= 0.6 is 0 Å². The van der Waals surface area contributed by atoms with Crippen molar-refractivity contribution in [1.82, 2.24) is 9.62 Å². The van der Waals surface area contributed by atoms with Gasteiger partial charge < -0.3 is 10.4 Å². The largest absolute Gasteiger partial charge is 0.478 e. The number of nitrogens with one attached hydrogen (secondary N) is 1. The minimum absolute atomic E-state index is 0.0810. The number of carboxylic acid groups (broad SMARTS) is 1. The fourth-order valence-corrected chi connectivity index (χ4v) is 3.20. The van der Waals surface area contributed by atoms with Gasteiger partial charge in [-0.3, -0.25) is 4.79 Å². The molecule has 0 saturated carbocycles. The summed E-state index contributed by atoms with van der Waals surface area (Å²) in [5.74, 6) is -1.62. The molecule has 0 aliphatic carbocycles. The standard InChI is InChI=1S/C13H18N2O5S/c1-4-14-12(16)8-15(3)21(19,20)11-7-5-6-10(9(11)2)13(17)18/h5-7H,4,8H2,1-3H3,(H,14,16)(H,17,18). The summed E-state index contributed by atoms with van der Waals surface area (Å²) < 4.78 is 25.7. The van der Waals surface area contributed by atoms with E-state index < -0.39 is 21.9 Å². The number of likely N-dealkylation sites (N-methyl/N-ethyl adjacent to an activating group) is 2. The smallest absolute Gasteiger partial charge is 0.335 e. The predicted octanol–water partition coefficient (Wildman–Crippen LogP) is 0.450. The van der Waals surface area contributed by atoms with Crippen molar-refractivity contribution in [2.75, 3.05) is 20.1 Å². The lowest BCUT2D eigenvalue weighted by Crippen LogP contribution is -2.38. The second kappa shape index (κ2) is 6.68. The summed E-state index contributed by atoms with van der Waals surface area (Å²) in [6.07, 6.45) is 0. The minimum atomic E-state index is -3.93. The quantitative estimate of drug-likeness (QED) is 0.793. The molecule has 0 fully saturated rings. The highest BCUT2D eigenvalue weighted by molar-refractivity contribution is 7.89. The van der Waals surface area contributed by atoms with Crippen LogP contribution < -0.4 is 5.32 Å². The van der Waals surface area contributed by atoms with Gasteiger partial charge in [0.2, 0.25) is 15.9 Å². The SMILES string of the molecule is CCNC(=O)CN(C)S(=O)(=O)c1cccc(C(=O)O)c1C. The van der Waals surface area contributed by atoms with Gasteiger partial charge in [-0.25, -0.2) is 13.2 Å². The first-order chi connectivity index (χ1) is 9.71. The molecule has 1 aromatic rings. The number of aromatic carboxylic acids is 1. The second-order valence-corrected chi connectivity index (χ2v) is 6.46. The van der Waals surface area contributed by atoms with Gasteiger partial charge in [0.15, 0.2) is 0 Å². The number of carbonyl (C=O) groups excluding carboxylic acids is 1. The molecule has 1 aromatic carbocycles. The molecule has 1 rings (SSSR count). The highest BCUT2D eigenvalue weighted by Crippen LogP contribution is 2.21. The highest BCUT2D eigenvalue weighted by atomic mass is 32.2. The van der Waals surface area contributed by atoms with Crippen LogP contribution in [0.25, 0.3) is 0 Å². The van der Waals surface area contributed by atoms with E-state index in [0.717, 1.165) is 4.31 Å². The molecule has 0 heterocycles. The average molecular weight is 314 g/mol. The number of carbonyl (C=O) groups is 2. The van der Waals surface area contributed by atoms with Crippen molar-refractivity contribution >= 4 is 21.9 Å². The van der Waals surface area contributed by atoms with Gasteiger partial charge in [0.25, 0.3) is 0 Å². The topological polar surface area (TPSA) is 104 Å². The summed E-state index contributed by atoms with van der Waals surface area (Å²) in [5, 5.41) is 11.5. The maximum absolute atomic E-state index is 12.4. The van der Waals surface area contributed by atoms with Gasteiger partial charge in [-0.2, -0.15) is 4.31 Å². The Morgan fingerprint density at radius 1 is 1.33 bits per heavy atom. The van der Waals surface area contributed by atoms with Gasteiger partial charge in [-0.15, -0.1) is 0 Å². The average Bonchev–Trinajstić information content (AvgIpc) is 2.38. The molecule has 0 unspecified atom stereocenters. The Morgan fingerprint density at radius 3 is 2.48 bits per heavy atom. The molecule has 2 N–H and O–H groups in total. The number of rotatable bonds is 6. The predicted molar refractivity (Wildman–Crippen MR) is 76.6 cm³/mol. The highest BCUT2D eigenvalue weighted by Gasteiger charge is 2.26. The lowest BCUT2D eigenvalue weighted by molar-refractivity contribution is -0.121. The van der Waals surface area contributed by atoms with E-state index in [1.807, 2.05) is 0 Å². The van der Waals surface area contributed by atoms with E-state index in [2.05, 4.69) is 5.32 Å². The number of benzene rings is 1. The Kier molecular flexibility index (Phi) is 5.45. The van der Waals surface area contributed by atoms with Gasteiger partial charge in [-0.05, 0) is 31.5 Å². The second-order valence-electron chi connectivity index (χ2n) is 4.45. The van der Waals surface area contributed by atoms with Crippen LogP contribution in [0.15, 0.2) is 23.1 Å². The molecule has 116 valence electrons. The summed E-state index contributed by atoms with van der Waals surface area (Å²) >= 11 is 0. The van der Waals surface area contributed by atoms with E-state index in [9.17, 15) is 18.0 Å². The van der Waals surface area contributed by atoms with Gasteiger partial charge in [0.05, 0.1) is 17.0 Å². The van der Waals surface area contributed by atoms with Crippen LogP contribution in [0.2, 0.25) is 0 Å². The monoisotopic (exact) mass is 314 g/mol. The molecule has 0 bridgehead atoms. The first-order valence-corrected chi connectivity index (χ1v) is 7.71. The molecule has 0 spiro atoms. The summed E-state index contributed by atoms with van der Waals surface area (Å²) in [5.41, 5.74) is 0.0650. The van der Waals surface area contributed by atoms with Gasteiger partial charge in [0.1, 0.15) is 0 Å². The van der Waals surface area contributed by atoms with Crippen molar-refractivity contribution in [2.24, 2.45) is 0 Å². The molecular formula is C13H18N2O5S. The Hall–Kier alpha value is -1.93. The first kappa shape index (κ1) is 17.1. The number of carboxylic acids is 1. The zero-order valence-corrected chi connectivity index (χ0v) is 12.9. The van der Waals surface area contributed by atoms with E-state index in [1.165, 1.54) is 32.2 Å². The fourth-order valence-electron chi connectivity index (χ4n) is 1.83. The van der Waals surface area contributed by atoms with E-state index in [4.69, 9.17) is 5.11 Å². The maximum Gasteiger partial charge on any atom is 0.335 e. The molecule has 0 aliphatic rings. The Bertz CT molecular complexity index is 655. The fraction of sp³-hybridized carbons (Fsp3) is 0.385. The number of nitrogens with zero attached hydrogens (tertiary/aromatic N) is 1.